The van der Waals surface area contributed by atoms with E-state index in [9.17, 15) is 9.90 Å². The van der Waals surface area contributed by atoms with Gasteiger partial charge in [0.25, 0.3) is 0 Å². The SMILES string of the molecule is CC(C)(Oc1ccc2c(c1)CCc1c-2ccc2c1CCC2(C)C)C(=O)O. The quantitative estimate of drug-likeness (QED) is 0.855. The van der Waals surface area contributed by atoms with Gasteiger partial charge in [-0.3, -0.25) is 0 Å². The average Bonchev–Trinajstić information content (AvgIpc) is 2.89. The molecule has 2 aromatic rings. The smallest absolute Gasteiger partial charge is 0.347 e. The van der Waals surface area contributed by atoms with Crippen molar-refractivity contribution in [3.8, 4) is 16.9 Å². The van der Waals surface area contributed by atoms with Gasteiger partial charge < -0.3 is 9.84 Å². The van der Waals surface area contributed by atoms with Crippen LogP contribution in [-0.2, 0) is 29.5 Å². The summed E-state index contributed by atoms with van der Waals surface area (Å²) < 4.78 is 5.72. The van der Waals surface area contributed by atoms with E-state index in [-0.39, 0.29) is 5.41 Å². The van der Waals surface area contributed by atoms with Gasteiger partial charge in [0.1, 0.15) is 5.75 Å². The molecule has 0 unspecified atom stereocenters. The van der Waals surface area contributed by atoms with E-state index in [0.29, 0.717) is 5.75 Å². The van der Waals surface area contributed by atoms with E-state index >= 15 is 0 Å². The van der Waals surface area contributed by atoms with Crippen LogP contribution in [0.25, 0.3) is 11.1 Å². The van der Waals surface area contributed by atoms with Gasteiger partial charge in [-0.25, -0.2) is 4.79 Å². The first-order valence-electron chi connectivity index (χ1n) is 9.40. The molecule has 2 aliphatic rings. The molecule has 3 heteroatoms. The fourth-order valence-corrected chi connectivity index (χ4v) is 4.42. The van der Waals surface area contributed by atoms with Gasteiger partial charge in [-0.2, -0.15) is 0 Å². The summed E-state index contributed by atoms with van der Waals surface area (Å²) in [4.78, 5) is 11.3. The topological polar surface area (TPSA) is 46.5 Å². The number of aryl methyl sites for hydroxylation is 1. The Labute approximate surface area is 155 Å². The fourth-order valence-electron chi connectivity index (χ4n) is 4.42. The van der Waals surface area contributed by atoms with Gasteiger partial charge in [0, 0.05) is 0 Å². The molecule has 0 fully saturated rings. The van der Waals surface area contributed by atoms with E-state index in [1.54, 1.807) is 19.4 Å². The molecule has 2 aliphatic carbocycles. The van der Waals surface area contributed by atoms with Crippen molar-refractivity contribution in [3.63, 3.8) is 0 Å². The Morgan fingerprint density at radius 3 is 2.50 bits per heavy atom. The monoisotopic (exact) mass is 350 g/mol. The number of carbonyl (C=O) groups is 1. The number of carboxylic acids is 1. The number of aliphatic carboxylic acids is 1. The predicted molar refractivity (Wildman–Crippen MR) is 103 cm³/mol. The number of benzene rings is 2. The van der Waals surface area contributed by atoms with E-state index in [0.717, 1.165) is 12.8 Å². The van der Waals surface area contributed by atoms with Crippen LogP contribution >= 0.6 is 0 Å². The number of rotatable bonds is 3. The van der Waals surface area contributed by atoms with Crippen molar-refractivity contribution in [2.45, 2.75) is 64.4 Å². The highest BCUT2D eigenvalue weighted by Crippen LogP contribution is 2.45. The second kappa shape index (κ2) is 5.60. The van der Waals surface area contributed by atoms with Crippen LogP contribution in [0, 0.1) is 0 Å². The highest BCUT2D eigenvalue weighted by molar-refractivity contribution is 5.78. The third kappa shape index (κ3) is 2.61. The largest absolute Gasteiger partial charge is 0.478 e. The molecule has 136 valence electrons. The first-order chi connectivity index (χ1) is 12.2. The lowest BCUT2D eigenvalue weighted by Gasteiger charge is -2.26. The molecule has 0 radical (unpaired) electrons. The molecule has 0 aliphatic heterocycles. The van der Waals surface area contributed by atoms with E-state index < -0.39 is 11.6 Å². The minimum absolute atomic E-state index is 0.282. The lowest BCUT2D eigenvalue weighted by atomic mass is 9.80. The standard InChI is InChI=1S/C23H26O3/c1-22(2)12-11-19-18-7-5-14-13-15(26-23(3,4)21(24)25)6-8-16(14)17(18)9-10-20(19)22/h6,8-10,13H,5,7,11-12H2,1-4H3,(H,24,25). The lowest BCUT2D eigenvalue weighted by molar-refractivity contribution is -0.152. The zero-order valence-electron chi connectivity index (χ0n) is 16.0. The Kier molecular flexibility index (Phi) is 3.69. The van der Waals surface area contributed by atoms with Gasteiger partial charge in [0.15, 0.2) is 5.60 Å². The molecule has 4 rings (SSSR count). The van der Waals surface area contributed by atoms with Gasteiger partial charge >= 0.3 is 5.97 Å². The van der Waals surface area contributed by atoms with Crippen molar-refractivity contribution in [1.29, 1.82) is 0 Å². The van der Waals surface area contributed by atoms with Crippen LogP contribution in [0.1, 0.15) is 56.4 Å². The molecular formula is C23H26O3. The Bertz CT molecular complexity index is 906. The number of ether oxygens (including phenoxy) is 1. The zero-order valence-corrected chi connectivity index (χ0v) is 16.0. The summed E-state index contributed by atoms with van der Waals surface area (Å²) in [6.07, 6.45) is 4.43. The Morgan fingerprint density at radius 1 is 1.04 bits per heavy atom. The number of hydrogen-bond donors (Lipinski definition) is 1. The first kappa shape index (κ1) is 17.1. The molecule has 0 amide bonds. The van der Waals surface area contributed by atoms with Crippen LogP contribution in [0.2, 0.25) is 0 Å². The molecule has 0 bridgehead atoms. The second-order valence-corrected chi connectivity index (χ2v) is 8.74. The third-order valence-electron chi connectivity index (χ3n) is 6.06. The molecular weight excluding hydrogens is 324 g/mol. The van der Waals surface area contributed by atoms with Crippen LogP contribution in [0.15, 0.2) is 30.3 Å². The van der Waals surface area contributed by atoms with Crippen LogP contribution in [0.4, 0.5) is 0 Å². The molecule has 0 aromatic heterocycles. The Morgan fingerprint density at radius 2 is 1.77 bits per heavy atom. The van der Waals surface area contributed by atoms with Crippen LogP contribution in [-0.4, -0.2) is 16.7 Å². The van der Waals surface area contributed by atoms with Gasteiger partial charge in [0.05, 0.1) is 0 Å². The molecule has 0 spiro atoms. The minimum Gasteiger partial charge on any atom is -0.478 e. The minimum atomic E-state index is -1.23. The average molecular weight is 350 g/mol. The summed E-state index contributed by atoms with van der Waals surface area (Å²) in [5.41, 5.74) is 7.49. The van der Waals surface area contributed by atoms with E-state index in [4.69, 9.17) is 4.74 Å². The van der Waals surface area contributed by atoms with E-state index in [1.807, 2.05) is 12.1 Å². The number of hydrogen-bond acceptors (Lipinski definition) is 2. The number of fused-ring (bicyclic) bond motifs is 5. The Hall–Kier alpha value is -2.29. The first-order valence-corrected chi connectivity index (χ1v) is 9.40. The Balaban J connectivity index is 1.73. The lowest BCUT2D eigenvalue weighted by Crippen LogP contribution is -2.37. The summed E-state index contributed by atoms with van der Waals surface area (Å²) in [6.45, 7) is 7.84. The van der Waals surface area contributed by atoms with Crippen molar-refractivity contribution in [3.05, 3.63) is 52.6 Å². The van der Waals surface area contributed by atoms with Crippen LogP contribution in [0.3, 0.4) is 0 Å². The highest BCUT2D eigenvalue weighted by Gasteiger charge is 2.34. The second-order valence-electron chi connectivity index (χ2n) is 8.74. The predicted octanol–water partition coefficient (Wildman–Crippen LogP) is 4.92. The maximum atomic E-state index is 11.3. The maximum Gasteiger partial charge on any atom is 0.347 e. The van der Waals surface area contributed by atoms with Crippen LogP contribution < -0.4 is 4.74 Å². The van der Waals surface area contributed by atoms with Crippen LogP contribution in [0.5, 0.6) is 5.75 Å². The number of carboxylic acid groups (broad SMARTS) is 1. The summed E-state index contributed by atoms with van der Waals surface area (Å²) >= 11 is 0. The summed E-state index contributed by atoms with van der Waals surface area (Å²) in [5.74, 6) is -0.333. The fraction of sp³-hybridized carbons (Fsp3) is 0.435. The van der Waals surface area contributed by atoms with Crippen molar-refractivity contribution in [2.75, 3.05) is 0 Å². The van der Waals surface area contributed by atoms with Gasteiger partial charge in [-0.1, -0.05) is 32.0 Å². The van der Waals surface area contributed by atoms with E-state index in [1.165, 1.54) is 40.7 Å². The molecule has 0 saturated heterocycles. The summed E-state index contributed by atoms with van der Waals surface area (Å²) in [5, 5.41) is 9.28. The van der Waals surface area contributed by atoms with Crippen molar-refractivity contribution in [1.82, 2.24) is 0 Å². The normalized spacial score (nSPS) is 17.2. The molecule has 0 atom stereocenters. The molecule has 3 nitrogen and oxygen atoms in total. The molecule has 26 heavy (non-hydrogen) atoms. The molecule has 1 N–H and O–H groups in total. The van der Waals surface area contributed by atoms with Gasteiger partial charge in [0.2, 0.25) is 0 Å². The van der Waals surface area contributed by atoms with Crippen molar-refractivity contribution in [2.24, 2.45) is 0 Å². The van der Waals surface area contributed by atoms with Gasteiger partial charge in [-0.15, -0.1) is 0 Å². The highest BCUT2D eigenvalue weighted by atomic mass is 16.5. The maximum absolute atomic E-state index is 11.3. The molecule has 0 saturated carbocycles. The zero-order chi connectivity index (χ0) is 18.7. The third-order valence-corrected chi connectivity index (χ3v) is 6.06. The van der Waals surface area contributed by atoms with E-state index in [2.05, 4.69) is 32.0 Å². The summed E-state index contributed by atoms with van der Waals surface area (Å²) in [6, 6.07) is 10.6. The van der Waals surface area contributed by atoms with Crippen molar-refractivity contribution < 1.29 is 14.6 Å². The van der Waals surface area contributed by atoms with Crippen molar-refractivity contribution >= 4 is 5.97 Å². The summed E-state index contributed by atoms with van der Waals surface area (Å²) in [7, 11) is 0. The molecule has 2 aromatic carbocycles. The van der Waals surface area contributed by atoms with Gasteiger partial charge in [-0.05, 0) is 90.5 Å². The molecule has 0 heterocycles.